The number of pyridine rings is 1. The van der Waals surface area contributed by atoms with Crippen LogP contribution in [-0.2, 0) is 23.5 Å². The normalized spacial score (nSPS) is 10.4. The fraction of sp³-hybridized carbons (Fsp3) is 0.0556. The summed E-state index contributed by atoms with van der Waals surface area (Å²) in [6.07, 6.45) is 4.60. The van der Waals surface area contributed by atoms with Crippen molar-refractivity contribution in [2.24, 2.45) is 0 Å². The Balaban J connectivity index is 0.000000180. The molecule has 1 aliphatic rings. The van der Waals surface area contributed by atoms with Crippen LogP contribution in [0.2, 0.25) is 0 Å². The van der Waals surface area contributed by atoms with Crippen molar-refractivity contribution in [1.82, 2.24) is 4.98 Å². The Labute approximate surface area is 130 Å². The molecule has 1 nitrogen and oxygen atoms in total. The predicted octanol–water partition coefficient (Wildman–Crippen LogP) is 4.34. The minimum atomic E-state index is 0. The second-order valence-corrected chi connectivity index (χ2v) is 4.52. The minimum absolute atomic E-state index is 0. The monoisotopic (exact) mass is 301 g/mol. The molecule has 0 fully saturated rings. The molecule has 2 heteroatoms. The number of aromatic nitrogens is 1. The van der Waals surface area contributed by atoms with E-state index >= 15 is 0 Å². The molecule has 1 aliphatic carbocycles. The van der Waals surface area contributed by atoms with Gasteiger partial charge in [-0.05, 0) is 40.8 Å². The van der Waals surface area contributed by atoms with Crippen molar-refractivity contribution in [3.63, 3.8) is 0 Å². The molecule has 0 bridgehead atoms. The zero-order chi connectivity index (χ0) is 12.9. The minimum Gasteiger partial charge on any atom is -0.265 e. The molecule has 0 saturated carbocycles. The Kier molecular flexibility index (Phi) is 5.11. The third-order valence-corrected chi connectivity index (χ3v) is 3.27. The number of hydrogen-bond acceptors (Lipinski definition) is 1. The van der Waals surface area contributed by atoms with Gasteiger partial charge in [-0.1, -0.05) is 54.6 Å². The molecule has 100 valence electrons. The first-order chi connectivity index (χ1) is 9.45. The van der Waals surface area contributed by atoms with Gasteiger partial charge < -0.3 is 0 Å². The zero-order valence-corrected chi connectivity index (χ0v) is 12.1. The molecule has 0 N–H and O–H groups in total. The van der Waals surface area contributed by atoms with E-state index < -0.39 is 0 Å². The summed E-state index contributed by atoms with van der Waals surface area (Å²) in [5.41, 5.74) is 5.75. The molecular formula is C18H15FeN. The van der Waals surface area contributed by atoms with E-state index in [1.807, 2.05) is 18.2 Å². The topological polar surface area (TPSA) is 12.9 Å². The van der Waals surface area contributed by atoms with Crippen molar-refractivity contribution in [3.05, 3.63) is 90.3 Å². The smallest absolute Gasteiger partial charge is 0.0267 e. The Morgan fingerprint density at radius 2 is 1.10 bits per heavy atom. The standard InChI is InChI=1S/C13H10.C5H5N.Fe/c1-3-7-12-10(5-1)9-11-6-2-4-8-13(11)12;1-2-4-6-5-3-1;/h1-8H,9H2;1-5H;. The van der Waals surface area contributed by atoms with Crippen LogP contribution in [0.1, 0.15) is 11.1 Å². The molecule has 4 rings (SSSR count). The van der Waals surface area contributed by atoms with Gasteiger partial charge in [0.05, 0.1) is 0 Å². The number of fused-ring (bicyclic) bond motifs is 3. The van der Waals surface area contributed by atoms with E-state index in [4.69, 9.17) is 0 Å². The van der Waals surface area contributed by atoms with Gasteiger partial charge in [-0.25, -0.2) is 0 Å². The van der Waals surface area contributed by atoms with Gasteiger partial charge >= 0.3 is 0 Å². The molecule has 20 heavy (non-hydrogen) atoms. The number of hydrogen-bond donors (Lipinski definition) is 0. The fourth-order valence-corrected chi connectivity index (χ4v) is 2.39. The van der Waals surface area contributed by atoms with E-state index in [1.54, 1.807) is 12.4 Å². The van der Waals surface area contributed by atoms with Gasteiger partial charge in [0.15, 0.2) is 0 Å². The molecule has 0 radical (unpaired) electrons. The van der Waals surface area contributed by atoms with Crippen LogP contribution in [0.4, 0.5) is 0 Å². The predicted molar refractivity (Wildman–Crippen MR) is 78.9 cm³/mol. The Morgan fingerprint density at radius 3 is 1.50 bits per heavy atom. The summed E-state index contributed by atoms with van der Waals surface area (Å²) >= 11 is 0. The van der Waals surface area contributed by atoms with Crippen molar-refractivity contribution in [3.8, 4) is 11.1 Å². The first-order valence-electron chi connectivity index (χ1n) is 6.46. The second kappa shape index (κ2) is 7.04. The van der Waals surface area contributed by atoms with E-state index in [1.165, 1.54) is 22.3 Å². The van der Waals surface area contributed by atoms with Gasteiger partial charge in [0.2, 0.25) is 0 Å². The van der Waals surface area contributed by atoms with E-state index in [9.17, 15) is 0 Å². The zero-order valence-electron chi connectivity index (χ0n) is 11.0. The average molecular weight is 301 g/mol. The average Bonchev–Trinajstić information content (AvgIpc) is 2.88. The third kappa shape index (κ3) is 3.16. The molecule has 2 aromatic carbocycles. The summed E-state index contributed by atoms with van der Waals surface area (Å²) < 4.78 is 0. The summed E-state index contributed by atoms with van der Waals surface area (Å²) in [7, 11) is 0. The largest absolute Gasteiger partial charge is 0.265 e. The maximum absolute atomic E-state index is 3.78. The summed E-state index contributed by atoms with van der Waals surface area (Å²) in [4.78, 5) is 3.78. The van der Waals surface area contributed by atoms with Gasteiger partial charge in [-0.2, -0.15) is 0 Å². The second-order valence-electron chi connectivity index (χ2n) is 4.52. The molecule has 0 spiro atoms. The van der Waals surface area contributed by atoms with Crippen LogP contribution < -0.4 is 0 Å². The molecule has 0 saturated heterocycles. The van der Waals surface area contributed by atoms with E-state index in [2.05, 4.69) is 53.5 Å². The van der Waals surface area contributed by atoms with Crippen molar-refractivity contribution in [2.75, 3.05) is 0 Å². The first-order valence-corrected chi connectivity index (χ1v) is 6.46. The summed E-state index contributed by atoms with van der Waals surface area (Å²) in [5.74, 6) is 0. The van der Waals surface area contributed by atoms with Crippen LogP contribution in [-0.4, -0.2) is 4.98 Å². The van der Waals surface area contributed by atoms with Crippen molar-refractivity contribution in [2.45, 2.75) is 6.42 Å². The molecule has 0 unspecified atom stereocenters. The van der Waals surface area contributed by atoms with E-state index in [-0.39, 0.29) is 17.1 Å². The molecule has 3 aromatic rings. The van der Waals surface area contributed by atoms with Crippen LogP contribution in [0.5, 0.6) is 0 Å². The summed E-state index contributed by atoms with van der Waals surface area (Å²) in [6, 6.07) is 23.0. The molecular weight excluding hydrogens is 286 g/mol. The van der Waals surface area contributed by atoms with Crippen LogP contribution >= 0.6 is 0 Å². The van der Waals surface area contributed by atoms with Crippen LogP contribution in [0.15, 0.2) is 79.1 Å². The molecule has 0 aliphatic heterocycles. The fourth-order valence-electron chi connectivity index (χ4n) is 2.39. The Morgan fingerprint density at radius 1 is 0.600 bits per heavy atom. The van der Waals surface area contributed by atoms with Gasteiger partial charge in [0, 0.05) is 29.5 Å². The van der Waals surface area contributed by atoms with Crippen molar-refractivity contribution in [1.29, 1.82) is 0 Å². The van der Waals surface area contributed by atoms with E-state index in [0.29, 0.717) is 0 Å². The van der Waals surface area contributed by atoms with Crippen molar-refractivity contribution >= 4 is 0 Å². The van der Waals surface area contributed by atoms with Gasteiger partial charge in [0.25, 0.3) is 0 Å². The Hall–Kier alpha value is -1.89. The maximum Gasteiger partial charge on any atom is 0.0267 e. The third-order valence-electron chi connectivity index (χ3n) is 3.27. The van der Waals surface area contributed by atoms with E-state index in [0.717, 1.165) is 6.42 Å². The van der Waals surface area contributed by atoms with Crippen LogP contribution in [0.25, 0.3) is 11.1 Å². The molecule has 1 heterocycles. The van der Waals surface area contributed by atoms with Crippen LogP contribution in [0, 0.1) is 0 Å². The number of benzene rings is 2. The summed E-state index contributed by atoms with van der Waals surface area (Å²) in [6.45, 7) is 0. The van der Waals surface area contributed by atoms with Gasteiger partial charge in [-0.3, -0.25) is 4.98 Å². The van der Waals surface area contributed by atoms with Crippen molar-refractivity contribution < 1.29 is 17.1 Å². The number of nitrogens with zero attached hydrogens (tertiary/aromatic N) is 1. The maximum atomic E-state index is 3.78. The SMILES string of the molecule is [Fe].c1ccc2c(c1)Cc1ccccc1-2.c1ccncc1. The summed E-state index contributed by atoms with van der Waals surface area (Å²) in [5, 5.41) is 0. The van der Waals surface area contributed by atoms with Gasteiger partial charge in [-0.15, -0.1) is 0 Å². The van der Waals surface area contributed by atoms with Crippen LogP contribution in [0.3, 0.4) is 0 Å². The first kappa shape index (κ1) is 14.5. The molecule has 0 atom stereocenters. The quantitative estimate of drug-likeness (QED) is 0.440. The van der Waals surface area contributed by atoms with Gasteiger partial charge in [0.1, 0.15) is 0 Å². The molecule has 1 aromatic heterocycles. The molecule has 0 amide bonds. The number of rotatable bonds is 0. The Bertz CT molecular complexity index is 595.